The van der Waals surface area contributed by atoms with E-state index in [1.54, 1.807) is 11.6 Å². The molecule has 0 fully saturated rings. The number of anilines is 1. The fourth-order valence-corrected chi connectivity index (χ4v) is 1.64. The molecule has 4 heteroatoms. The van der Waals surface area contributed by atoms with Crippen LogP contribution in [0.25, 0.3) is 11.4 Å². The molecule has 0 saturated heterocycles. The third-order valence-corrected chi connectivity index (χ3v) is 2.52. The van der Waals surface area contributed by atoms with E-state index in [4.69, 9.17) is 11.0 Å². The van der Waals surface area contributed by atoms with Gasteiger partial charge in [-0.1, -0.05) is 23.8 Å². The summed E-state index contributed by atoms with van der Waals surface area (Å²) in [4.78, 5) is 4.22. The Hall–Kier alpha value is -2.28. The van der Waals surface area contributed by atoms with Crippen molar-refractivity contribution in [2.45, 2.75) is 6.92 Å². The van der Waals surface area contributed by atoms with Gasteiger partial charge in [0, 0.05) is 12.6 Å². The minimum absolute atomic E-state index is 0.277. The molecule has 0 aliphatic heterocycles. The Morgan fingerprint density at radius 2 is 2.19 bits per heavy atom. The van der Waals surface area contributed by atoms with Crippen molar-refractivity contribution in [1.29, 1.82) is 5.26 Å². The van der Waals surface area contributed by atoms with Gasteiger partial charge in [0.25, 0.3) is 0 Å². The molecule has 0 amide bonds. The van der Waals surface area contributed by atoms with Crippen LogP contribution in [-0.4, -0.2) is 9.55 Å². The molecule has 80 valence electrons. The number of rotatable bonds is 1. The highest BCUT2D eigenvalue weighted by atomic mass is 15.1. The maximum absolute atomic E-state index is 8.85. The highest BCUT2D eigenvalue weighted by molar-refractivity contribution is 5.63. The van der Waals surface area contributed by atoms with Gasteiger partial charge in [0.05, 0.1) is 0 Å². The summed E-state index contributed by atoms with van der Waals surface area (Å²) in [6, 6.07) is 9.93. The molecule has 0 aliphatic carbocycles. The van der Waals surface area contributed by atoms with Gasteiger partial charge in [-0.2, -0.15) is 5.26 Å². The van der Waals surface area contributed by atoms with Crippen molar-refractivity contribution in [2.24, 2.45) is 7.05 Å². The number of nitrogens with two attached hydrogens (primary N) is 1. The second-order valence-electron chi connectivity index (χ2n) is 3.71. The van der Waals surface area contributed by atoms with Crippen LogP contribution >= 0.6 is 0 Å². The van der Waals surface area contributed by atoms with E-state index in [1.165, 1.54) is 0 Å². The average Bonchev–Trinajstić information content (AvgIpc) is 2.56. The predicted molar refractivity (Wildman–Crippen MR) is 62.5 cm³/mol. The third-order valence-electron chi connectivity index (χ3n) is 2.52. The monoisotopic (exact) mass is 212 g/mol. The molecular formula is C12H12N4. The first-order valence-corrected chi connectivity index (χ1v) is 4.93. The molecule has 2 N–H and O–H groups in total. The Kier molecular flexibility index (Phi) is 2.37. The van der Waals surface area contributed by atoms with Crippen LogP contribution in [0.4, 0.5) is 5.82 Å². The Balaban J connectivity index is 2.62. The number of imidazole rings is 1. The molecule has 0 unspecified atom stereocenters. The lowest BCUT2D eigenvalue weighted by atomic mass is 10.1. The van der Waals surface area contributed by atoms with Gasteiger partial charge < -0.3 is 10.3 Å². The number of hydrogen-bond donors (Lipinski definition) is 1. The van der Waals surface area contributed by atoms with Crippen LogP contribution in [0.3, 0.4) is 0 Å². The first-order chi connectivity index (χ1) is 7.63. The van der Waals surface area contributed by atoms with Crippen molar-refractivity contribution in [1.82, 2.24) is 9.55 Å². The zero-order valence-electron chi connectivity index (χ0n) is 9.23. The summed E-state index contributed by atoms with van der Waals surface area (Å²) in [5.74, 6) is 1.12. The van der Waals surface area contributed by atoms with E-state index >= 15 is 0 Å². The molecule has 1 heterocycles. The lowest BCUT2D eigenvalue weighted by Crippen LogP contribution is -1.98. The standard InChI is InChI=1S/C12H12N4/c1-8-4-3-5-9(6-8)12-15-10(7-13)11(14)16(12)2/h3-6H,14H2,1-2H3. The largest absolute Gasteiger partial charge is 0.383 e. The van der Waals surface area contributed by atoms with Crippen molar-refractivity contribution in [3.05, 3.63) is 35.5 Å². The fourth-order valence-electron chi connectivity index (χ4n) is 1.64. The molecule has 16 heavy (non-hydrogen) atoms. The normalized spacial score (nSPS) is 10.1. The molecule has 4 nitrogen and oxygen atoms in total. The molecule has 1 aromatic heterocycles. The van der Waals surface area contributed by atoms with Crippen LogP contribution in [0.1, 0.15) is 11.3 Å². The van der Waals surface area contributed by atoms with E-state index in [2.05, 4.69) is 4.98 Å². The average molecular weight is 212 g/mol. The van der Waals surface area contributed by atoms with Gasteiger partial charge in [0.1, 0.15) is 17.7 Å². The number of aryl methyl sites for hydroxylation is 1. The first kappa shape index (κ1) is 10.2. The molecule has 0 atom stereocenters. The molecule has 0 saturated carbocycles. The van der Waals surface area contributed by atoms with Crippen molar-refractivity contribution in [3.63, 3.8) is 0 Å². The van der Waals surface area contributed by atoms with Gasteiger partial charge in [-0.3, -0.25) is 0 Å². The number of nitrogen functional groups attached to an aromatic ring is 1. The summed E-state index contributed by atoms with van der Waals surface area (Å²) >= 11 is 0. The van der Waals surface area contributed by atoms with E-state index < -0.39 is 0 Å². The molecule has 0 spiro atoms. The molecule has 0 bridgehead atoms. The van der Waals surface area contributed by atoms with Gasteiger partial charge >= 0.3 is 0 Å². The number of nitriles is 1. The zero-order valence-corrected chi connectivity index (χ0v) is 9.23. The van der Waals surface area contributed by atoms with Crippen LogP contribution in [-0.2, 0) is 7.05 Å². The van der Waals surface area contributed by atoms with E-state index in [-0.39, 0.29) is 5.69 Å². The molecule has 0 aliphatic rings. The summed E-state index contributed by atoms with van der Waals surface area (Å²) < 4.78 is 1.73. The van der Waals surface area contributed by atoms with Gasteiger partial charge in [-0.25, -0.2) is 4.98 Å². The quantitative estimate of drug-likeness (QED) is 0.784. The van der Waals surface area contributed by atoms with E-state index in [0.717, 1.165) is 17.0 Å². The topological polar surface area (TPSA) is 67.6 Å². The second kappa shape index (κ2) is 3.70. The number of nitrogens with zero attached hydrogens (tertiary/aromatic N) is 3. The van der Waals surface area contributed by atoms with Crippen LogP contribution in [0, 0.1) is 18.3 Å². The van der Waals surface area contributed by atoms with E-state index in [9.17, 15) is 0 Å². The summed E-state index contributed by atoms with van der Waals surface area (Å²) in [6.07, 6.45) is 0. The molecule has 0 radical (unpaired) electrons. The fraction of sp³-hybridized carbons (Fsp3) is 0.167. The highest BCUT2D eigenvalue weighted by Crippen LogP contribution is 2.23. The summed E-state index contributed by atoms with van der Waals surface area (Å²) in [7, 11) is 1.81. The maximum atomic E-state index is 8.85. The van der Waals surface area contributed by atoms with Gasteiger partial charge in [-0.05, 0) is 13.0 Å². The minimum atomic E-state index is 0.277. The molecule has 2 rings (SSSR count). The molecule has 1 aromatic carbocycles. The van der Waals surface area contributed by atoms with E-state index in [1.807, 2.05) is 37.3 Å². The van der Waals surface area contributed by atoms with Gasteiger partial charge in [-0.15, -0.1) is 0 Å². The van der Waals surface area contributed by atoms with Crippen LogP contribution in [0.15, 0.2) is 24.3 Å². The summed E-state index contributed by atoms with van der Waals surface area (Å²) in [5.41, 5.74) is 8.16. The molecular weight excluding hydrogens is 200 g/mol. The van der Waals surface area contributed by atoms with Crippen LogP contribution < -0.4 is 5.73 Å². The summed E-state index contributed by atoms with van der Waals surface area (Å²) in [5, 5.41) is 8.85. The highest BCUT2D eigenvalue weighted by Gasteiger charge is 2.12. The van der Waals surface area contributed by atoms with Crippen molar-refractivity contribution < 1.29 is 0 Å². The Morgan fingerprint density at radius 3 is 2.75 bits per heavy atom. The first-order valence-electron chi connectivity index (χ1n) is 4.93. The predicted octanol–water partition coefficient (Wildman–Crippen LogP) is 1.85. The minimum Gasteiger partial charge on any atom is -0.383 e. The number of hydrogen-bond acceptors (Lipinski definition) is 3. The zero-order chi connectivity index (χ0) is 11.7. The van der Waals surface area contributed by atoms with Gasteiger partial charge in [0.2, 0.25) is 0 Å². The summed E-state index contributed by atoms with van der Waals surface area (Å²) in [6.45, 7) is 2.01. The van der Waals surface area contributed by atoms with Crippen molar-refractivity contribution >= 4 is 5.82 Å². The van der Waals surface area contributed by atoms with E-state index in [0.29, 0.717) is 5.82 Å². The third kappa shape index (κ3) is 1.52. The number of aromatic nitrogens is 2. The lowest BCUT2D eigenvalue weighted by Gasteiger charge is -2.03. The number of benzene rings is 1. The maximum Gasteiger partial charge on any atom is 0.183 e. The van der Waals surface area contributed by atoms with Crippen LogP contribution in [0.2, 0.25) is 0 Å². The SMILES string of the molecule is Cc1cccc(-c2nc(C#N)c(N)n2C)c1. The Bertz CT molecular complexity index is 575. The lowest BCUT2D eigenvalue weighted by molar-refractivity contribution is 0.936. The van der Waals surface area contributed by atoms with Gasteiger partial charge in [0.15, 0.2) is 5.69 Å². The molecule has 2 aromatic rings. The smallest absolute Gasteiger partial charge is 0.183 e. The van der Waals surface area contributed by atoms with Crippen molar-refractivity contribution in [2.75, 3.05) is 5.73 Å². The van der Waals surface area contributed by atoms with Crippen LogP contribution in [0.5, 0.6) is 0 Å². The Labute approximate surface area is 94.0 Å². The van der Waals surface area contributed by atoms with Crippen molar-refractivity contribution in [3.8, 4) is 17.5 Å². The second-order valence-corrected chi connectivity index (χ2v) is 3.71. The Morgan fingerprint density at radius 1 is 1.44 bits per heavy atom.